The molecular formula is C28H34N2O5. The van der Waals surface area contributed by atoms with Crippen molar-refractivity contribution in [3.05, 3.63) is 59.7 Å². The largest absolute Gasteiger partial charge is 0.481 e. The van der Waals surface area contributed by atoms with Crippen LogP contribution < -0.4 is 10.6 Å². The zero-order chi connectivity index (χ0) is 25.0. The Labute approximate surface area is 206 Å². The summed E-state index contributed by atoms with van der Waals surface area (Å²) in [6, 6.07) is 16.4. The van der Waals surface area contributed by atoms with Crippen LogP contribution in [0.3, 0.4) is 0 Å². The Morgan fingerprint density at radius 2 is 1.54 bits per heavy atom. The van der Waals surface area contributed by atoms with Gasteiger partial charge in [-0.2, -0.15) is 0 Å². The molecule has 0 bridgehead atoms. The molecule has 2 aliphatic rings. The van der Waals surface area contributed by atoms with Crippen LogP contribution in [0.25, 0.3) is 11.1 Å². The molecule has 186 valence electrons. The van der Waals surface area contributed by atoms with Crippen molar-refractivity contribution in [3.63, 3.8) is 0 Å². The van der Waals surface area contributed by atoms with Gasteiger partial charge >= 0.3 is 12.1 Å². The van der Waals surface area contributed by atoms with Crippen LogP contribution in [0, 0.1) is 17.3 Å². The molecule has 3 N–H and O–H groups in total. The van der Waals surface area contributed by atoms with E-state index in [-0.39, 0.29) is 36.8 Å². The summed E-state index contributed by atoms with van der Waals surface area (Å²) in [7, 11) is 0. The van der Waals surface area contributed by atoms with Gasteiger partial charge in [-0.15, -0.1) is 0 Å². The molecule has 1 saturated carbocycles. The van der Waals surface area contributed by atoms with E-state index in [2.05, 4.69) is 34.9 Å². The maximum Gasteiger partial charge on any atom is 0.407 e. The summed E-state index contributed by atoms with van der Waals surface area (Å²) in [4.78, 5) is 36.7. The van der Waals surface area contributed by atoms with Crippen LogP contribution in [0.1, 0.15) is 56.6 Å². The molecule has 35 heavy (non-hydrogen) atoms. The molecule has 4 rings (SSSR count). The lowest BCUT2D eigenvalue weighted by Gasteiger charge is -2.31. The van der Waals surface area contributed by atoms with Crippen LogP contribution >= 0.6 is 0 Å². The molecule has 2 amide bonds. The summed E-state index contributed by atoms with van der Waals surface area (Å²) in [5.74, 6) is -1.34. The maximum atomic E-state index is 12.8. The normalized spacial score (nSPS) is 19.4. The van der Waals surface area contributed by atoms with Crippen molar-refractivity contribution < 1.29 is 24.2 Å². The Balaban J connectivity index is 1.31. The molecule has 0 aliphatic heterocycles. The standard InChI is InChI=1S/C28H34N2O5/c1-28(2,26(32)33)17-30-25(31)19-10-4-3-9-18(19)15-29-27(34)35-16-24-22-13-7-5-11-20(22)21-12-6-8-14-23(21)24/h5-8,11-14,18-19,24H,3-4,9-10,15-17H2,1-2H3,(H,29,34)(H,30,31)(H,32,33)/t18-,19-/m1/s1. The molecule has 2 aromatic rings. The predicted octanol–water partition coefficient (Wildman–Crippen LogP) is 4.56. The van der Waals surface area contributed by atoms with Crippen molar-refractivity contribution in [1.29, 1.82) is 0 Å². The third kappa shape index (κ3) is 5.50. The minimum absolute atomic E-state index is 0.000976. The van der Waals surface area contributed by atoms with Gasteiger partial charge in [-0.3, -0.25) is 9.59 Å². The molecule has 7 nitrogen and oxygen atoms in total. The van der Waals surface area contributed by atoms with Gasteiger partial charge in [-0.05, 0) is 54.9 Å². The van der Waals surface area contributed by atoms with Gasteiger partial charge < -0.3 is 20.5 Å². The molecule has 0 radical (unpaired) electrons. The van der Waals surface area contributed by atoms with E-state index in [9.17, 15) is 19.5 Å². The second kappa shape index (κ2) is 10.5. The zero-order valence-corrected chi connectivity index (χ0v) is 20.4. The van der Waals surface area contributed by atoms with Crippen LogP contribution in [-0.2, 0) is 14.3 Å². The van der Waals surface area contributed by atoms with E-state index < -0.39 is 17.5 Å². The van der Waals surface area contributed by atoms with Gasteiger partial charge in [0.05, 0.1) is 5.41 Å². The maximum absolute atomic E-state index is 12.8. The van der Waals surface area contributed by atoms with E-state index in [1.54, 1.807) is 13.8 Å². The highest BCUT2D eigenvalue weighted by Crippen LogP contribution is 2.44. The Morgan fingerprint density at radius 1 is 0.943 bits per heavy atom. The lowest BCUT2D eigenvalue weighted by atomic mass is 9.78. The summed E-state index contributed by atoms with van der Waals surface area (Å²) in [6.07, 6.45) is 3.03. The minimum atomic E-state index is -1.03. The quantitative estimate of drug-likeness (QED) is 0.516. The lowest BCUT2D eigenvalue weighted by molar-refractivity contribution is -0.147. The fourth-order valence-electron chi connectivity index (χ4n) is 5.18. The van der Waals surface area contributed by atoms with Gasteiger partial charge in [-0.1, -0.05) is 61.4 Å². The van der Waals surface area contributed by atoms with Crippen LogP contribution in [0.2, 0.25) is 0 Å². The van der Waals surface area contributed by atoms with Crippen LogP contribution in [-0.4, -0.2) is 42.8 Å². The first-order valence-electron chi connectivity index (χ1n) is 12.4. The Hall–Kier alpha value is -3.35. The topological polar surface area (TPSA) is 105 Å². The fraction of sp³-hybridized carbons (Fsp3) is 0.464. The fourth-order valence-corrected chi connectivity index (χ4v) is 5.18. The third-order valence-corrected chi connectivity index (χ3v) is 7.38. The number of hydrogen-bond acceptors (Lipinski definition) is 4. The van der Waals surface area contributed by atoms with Crippen LogP contribution in [0.5, 0.6) is 0 Å². The van der Waals surface area contributed by atoms with E-state index in [0.29, 0.717) is 6.54 Å². The SMILES string of the molecule is CC(C)(CNC(=O)[C@@H]1CCCC[C@@H]1CNC(=O)OCC1c2ccccc2-c2ccccc21)C(=O)O. The molecule has 2 aromatic carbocycles. The van der Waals surface area contributed by atoms with Crippen molar-refractivity contribution in [2.75, 3.05) is 19.7 Å². The van der Waals surface area contributed by atoms with E-state index in [1.165, 1.54) is 11.1 Å². The highest BCUT2D eigenvalue weighted by Gasteiger charge is 2.34. The second-order valence-electron chi connectivity index (χ2n) is 10.3. The molecule has 0 aromatic heterocycles. The van der Waals surface area contributed by atoms with Gasteiger partial charge in [0.2, 0.25) is 5.91 Å². The summed E-state index contributed by atoms with van der Waals surface area (Å²) in [6.45, 7) is 3.86. The number of fused-ring (bicyclic) bond motifs is 3. The van der Waals surface area contributed by atoms with Crippen LogP contribution in [0.4, 0.5) is 4.79 Å². The third-order valence-electron chi connectivity index (χ3n) is 7.38. The number of benzene rings is 2. The minimum Gasteiger partial charge on any atom is -0.481 e. The number of ether oxygens (including phenoxy) is 1. The average Bonchev–Trinajstić information content (AvgIpc) is 3.18. The molecule has 0 spiro atoms. The first-order chi connectivity index (χ1) is 16.8. The number of carboxylic acids is 1. The zero-order valence-electron chi connectivity index (χ0n) is 20.4. The van der Waals surface area contributed by atoms with Gasteiger partial charge in [0.15, 0.2) is 0 Å². The number of carbonyl (C=O) groups is 3. The van der Waals surface area contributed by atoms with E-state index in [0.717, 1.165) is 36.8 Å². The Kier molecular flexibility index (Phi) is 7.43. The number of hydrogen-bond donors (Lipinski definition) is 3. The average molecular weight is 479 g/mol. The predicted molar refractivity (Wildman–Crippen MR) is 133 cm³/mol. The number of carboxylic acid groups (broad SMARTS) is 1. The molecule has 0 unspecified atom stereocenters. The van der Waals surface area contributed by atoms with E-state index >= 15 is 0 Å². The second-order valence-corrected chi connectivity index (χ2v) is 10.3. The molecule has 0 heterocycles. The number of amides is 2. The highest BCUT2D eigenvalue weighted by atomic mass is 16.5. The molecule has 2 atom stereocenters. The number of nitrogens with one attached hydrogen (secondary N) is 2. The monoisotopic (exact) mass is 478 g/mol. The van der Waals surface area contributed by atoms with Crippen molar-refractivity contribution in [1.82, 2.24) is 10.6 Å². The summed E-state index contributed by atoms with van der Waals surface area (Å²) < 4.78 is 5.63. The Morgan fingerprint density at radius 3 is 2.17 bits per heavy atom. The first-order valence-corrected chi connectivity index (χ1v) is 12.4. The summed E-state index contributed by atoms with van der Waals surface area (Å²) in [5, 5.41) is 15.0. The number of alkyl carbamates (subject to hydrolysis) is 1. The number of carbonyl (C=O) groups excluding carboxylic acids is 2. The summed E-state index contributed by atoms with van der Waals surface area (Å²) >= 11 is 0. The molecule has 0 saturated heterocycles. The Bertz CT molecular complexity index is 1050. The molecule has 7 heteroatoms. The van der Waals surface area contributed by atoms with Gasteiger partial charge in [-0.25, -0.2) is 4.79 Å². The van der Waals surface area contributed by atoms with Gasteiger partial charge in [0, 0.05) is 24.9 Å². The first kappa shape index (κ1) is 24.8. The molecule has 1 fully saturated rings. The molecular weight excluding hydrogens is 444 g/mol. The number of aliphatic carboxylic acids is 1. The number of rotatable bonds is 8. The van der Waals surface area contributed by atoms with Gasteiger partial charge in [0.1, 0.15) is 6.61 Å². The van der Waals surface area contributed by atoms with Crippen molar-refractivity contribution >= 4 is 18.0 Å². The summed E-state index contributed by atoms with van der Waals surface area (Å²) in [5.41, 5.74) is 3.65. The lowest BCUT2D eigenvalue weighted by Crippen LogP contribution is -2.45. The van der Waals surface area contributed by atoms with Gasteiger partial charge in [0.25, 0.3) is 0 Å². The van der Waals surface area contributed by atoms with E-state index in [4.69, 9.17) is 4.74 Å². The molecule has 2 aliphatic carbocycles. The van der Waals surface area contributed by atoms with Crippen molar-refractivity contribution in [2.45, 2.75) is 45.4 Å². The van der Waals surface area contributed by atoms with Crippen molar-refractivity contribution in [2.24, 2.45) is 17.3 Å². The van der Waals surface area contributed by atoms with Crippen LogP contribution in [0.15, 0.2) is 48.5 Å². The highest BCUT2D eigenvalue weighted by molar-refractivity contribution is 5.81. The smallest absolute Gasteiger partial charge is 0.407 e. The van der Waals surface area contributed by atoms with E-state index in [1.807, 2.05) is 24.3 Å². The van der Waals surface area contributed by atoms with Crippen molar-refractivity contribution in [3.8, 4) is 11.1 Å².